The second-order valence-corrected chi connectivity index (χ2v) is 6.54. The number of anilines is 1. The molecule has 0 saturated heterocycles. The third-order valence-corrected chi connectivity index (χ3v) is 4.44. The standard InChI is InChI=1S/C21H19N5O/c1-13-4-7-17-16(12-13)6-5-14(2)20(17)21(27)24-18-9-11-26(25-18)19-8-10-22-15(3)23-19/h4-12H,1-3H3,(H,24,25,27). The quantitative estimate of drug-likeness (QED) is 0.602. The largest absolute Gasteiger partial charge is 0.305 e. The van der Waals surface area contributed by atoms with Gasteiger partial charge in [0.15, 0.2) is 11.6 Å². The predicted molar refractivity (Wildman–Crippen MR) is 105 cm³/mol. The molecule has 1 amide bonds. The molecule has 6 nitrogen and oxygen atoms in total. The van der Waals surface area contributed by atoms with Crippen molar-refractivity contribution in [2.75, 3.05) is 5.32 Å². The maximum atomic E-state index is 12.9. The normalized spacial score (nSPS) is 10.9. The molecule has 0 radical (unpaired) electrons. The first-order valence-electron chi connectivity index (χ1n) is 8.68. The van der Waals surface area contributed by atoms with Crippen molar-refractivity contribution in [1.29, 1.82) is 0 Å². The predicted octanol–water partition coefficient (Wildman–Crippen LogP) is 3.99. The zero-order chi connectivity index (χ0) is 19.0. The van der Waals surface area contributed by atoms with Gasteiger partial charge in [-0.15, -0.1) is 5.10 Å². The van der Waals surface area contributed by atoms with Crippen molar-refractivity contribution in [1.82, 2.24) is 19.7 Å². The lowest BCUT2D eigenvalue weighted by atomic mass is 9.98. The lowest BCUT2D eigenvalue weighted by Crippen LogP contribution is -2.14. The maximum Gasteiger partial charge on any atom is 0.257 e. The molecule has 1 N–H and O–H groups in total. The summed E-state index contributed by atoms with van der Waals surface area (Å²) < 4.78 is 1.61. The summed E-state index contributed by atoms with van der Waals surface area (Å²) in [6.45, 7) is 5.80. The molecule has 2 heterocycles. The van der Waals surface area contributed by atoms with E-state index in [0.29, 0.717) is 23.0 Å². The fourth-order valence-electron chi connectivity index (χ4n) is 3.13. The van der Waals surface area contributed by atoms with E-state index >= 15 is 0 Å². The number of hydrogen-bond donors (Lipinski definition) is 1. The van der Waals surface area contributed by atoms with Crippen molar-refractivity contribution in [2.24, 2.45) is 0 Å². The minimum absolute atomic E-state index is 0.175. The number of rotatable bonds is 3. The number of fused-ring (bicyclic) bond motifs is 1. The van der Waals surface area contributed by atoms with Crippen LogP contribution >= 0.6 is 0 Å². The smallest absolute Gasteiger partial charge is 0.257 e. The van der Waals surface area contributed by atoms with Crippen LogP contribution in [-0.2, 0) is 0 Å². The van der Waals surface area contributed by atoms with Crippen LogP contribution in [0.25, 0.3) is 16.6 Å². The Bertz CT molecular complexity index is 1160. The van der Waals surface area contributed by atoms with Crippen molar-refractivity contribution in [3.8, 4) is 5.82 Å². The van der Waals surface area contributed by atoms with E-state index in [1.165, 1.54) is 0 Å². The van der Waals surface area contributed by atoms with E-state index in [-0.39, 0.29) is 5.91 Å². The number of amides is 1. The third-order valence-electron chi connectivity index (χ3n) is 4.44. The number of nitrogens with zero attached hydrogens (tertiary/aromatic N) is 4. The maximum absolute atomic E-state index is 12.9. The molecule has 2 aromatic carbocycles. The summed E-state index contributed by atoms with van der Waals surface area (Å²) in [6.07, 6.45) is 3.44. The summed E-state index contributed by atoms with van der Waals surface area (Å²) in [5.41, 5.74) is 2.76. The number of aryl methyl sites for hydroxylation is 3. The Morgan fingerprint density at radius 1 is 1.04 bits per heavy atom. The highest BCUT2D eigenvalue weighted by molar-refractivity contribution is 6.13. The van der Waals surface area contributed by atoms with Gasteiger partial charge in [-0.3, -0.25) is 4.79 Å². The lowest BCUT2D eigenvalue weighted by molar-refractivity contribution is 0.102. The van der Waals surface area contributed by atoms with Gasteiger partial charge < -0.3 is 5.32 Å². The topological polar surface area (TPSA) is 72.7 Å². The highest BCUT2D eigenvalue weighted by Gasteiger charge is 2.15. The number of carbonyl (C=O) groups excluding carboxylic acids is 1. The monoisotopic (exact) mass is 357 g/mol. The molecule has 6 heteroatoms. The van der Waals surface area contributed by atoms with Crippen molar-refractivity contribution in [3.63, 3.8) is 0 Å². The highest BCUT2D eigenvalue weighted by Crippen LogP contribution is 2.24. The zero-order valence-corrected chi connectivity index (χ0v) is 15.4. The van der Waals surface area contributed by atoms with Gasteiger partial charge in [-0.05, 0) is 37.1 Å². The van der Waals surface area contributed by atoms with Gasteiger partial charge in [-0.2, -0.15) is 0 Å². The zero-order valence-electron chi connectivity index (χ0n) is 15.4. The van der Waals surface area contributed by atoms with Gasteiger partial charge in [-0.25, -0.2) is 14.6 Å². The molecule has 0 spiro atoms. The molecule has 0 saturated carbocycles. The molecule has 134 valence electrons. The summed E-state index contributed by atoms with van der Waals surface area (Å²) in [5, 5.41) is 9.28. The molecular weight excluding hydrogens is 338 g/mol. The highest BCUT2D eigenvalue weighted by atomic mass is 16.1. The van der Waals surface area contributed by atoms with E-state index in [0.717, 1.165) is 21.9 Å². The molecular formula is C21H19N5O. The first-order valence-corrected chi connectivity index (χ1v) is 8.68. The van der Waals surface area contributed by atoms with Crippen LogP contribution in [0.3, 0.4) is 0 Å². The number of hydrogen-bond acceptors (Lipinski definition) is 4. The van der Waals surface area contributed by atoms with Gasteiger partial charge in [0.1, 0.15) is 5.82 Å². The van der Waals surface area contributed by atoms with Crippen molar-refractivity contribution in [3.05, 3.63) is 77.4 Å². The minimum Gasteiger partial charge on any atom is -0.305 e. The summed E-state index contributed by atoms with van der Waals surface area (Å²) in [7, 11) is 0. The first-order chi connectivity index (χ1) is 13.0. The van der Waals surface area contributed by atoms with Gasteiger partial charge >= 0.3 is 0 Å². The van der Waals surface area contributed by atoms with Crippen LogP contribution in [0.15, 0.2) is 54.9 Å². The summed E-state index contributed by atoms with van der Waals surface area (Å²) in [6, 6.07) is 13.6. The Hall–Kier alpha value is -3.54. The van der Waals surface area contributed by atoms with Crippen LogP contribution in [0, 0.1) is 20.8 Å². The Morgan fingerprint density at radius 3 is 2.70 bits per heavy atom. The molecule has 2 aromatic heterocycles. The second-order valence-electron chi connectivity index (χ2n) is 6.54. The number of nitrogens with one attached hydrogen (secondary N) is 1. The van der Waals surface area contributed by atoms with Crippen LogP contribution in [0.2, 0.25) is 0 Å². The first kappa shape index (κ1) is 16.9. The van der Waals surface area contributed by atoms with Gasteiger partial charge in [0.05, 0.1) is 5.56 Å². The average molecular weight is 357 g/mol. The van der Waals surface area contributed by atoms with Crippen LogP contribution in [-0.4, -0.2) is 25.7 Å². The Morgan fingerprint density at radius 2 is 1.89 bits per heavy atom. The number of aromatic nitrogens is 4. The molecule has 0 aliphatic carbocycles. The number of benzene rings is 2. The summed E-state index contributed by atoms with van der Waals surface area (Å²) >= 11 is 0. The molecule has 0 unspecified atom stereocenters. The molecule has 4 rings (SSSR count). The van der Waals surface area contributed by atoms with E-state index in [1.54, 1.807) is 29.2 Å². The minimum atomic E-state index is -0.175. The third kappa shape index (κ3) is 3.29. The van der Waals surface area contributed by atoms with Crippen molar-refractivity contribution >= 4 is 22.5 Å². The lowest BCUT2D eigenvalue weighted by Gasteiger charge is -2.10. The van der Waals surface area contributed by atoms with E-state index < -0.39 is 0 Å². The van der Waals surface area contributed by atoms with Gasteiger partial charge in [0, 0.05) is 24.5 Å². The Labute approximate surface area is 156 Å². The Kier molecular flexibility index (Phi) is 4.16. The van der Waals surface area contributed by atoms with Gasteiger partial charge in [-0.1, -0.05) is 35.9 Å². The van der Waals surface area contributed by atoms with Crippen molar-refractivity contribution in [2.45, 2.75) is 20.8 Å². The van der Waals surface area contributed by atoms with Gasteiger partial charge in [0.25, 0.3) is 5.91 Å². The van der Waals surface area contributed by atoms with Crippen LogP contribution in [0.5, 0.6) is 0 Å². The van der Waals surface area contributed by atoms with E-state index in [2.05, 4.69) is 26.4 Å². The molecule has 0 aliphatic rings. The fraction of sp³-hybridized carbons (Fsp3) is 0.143. The van der Waals surface area contributed by atoms with E-state index in [9.17, 15) is 4.79 Å². The van der Waals surface area contributed by atoms with Crippen LogP contribution in [0.1, 0.15) is 27.3 Å². The molecule has 27 heavy (non-hydrogen) atoms. The number of carbonyl (C=O) groups is 1. The SMILES string of the molecule is Cc1ccc2c(C(=O)Nc3ccn(-c4ccnc(C)n4)n3)c(C)ccc2c1. The Balaban J connectivity index is 1.66. The van der Waals surface area contributed by atoms with Crippen molar-refractivity contribution < 1.29 is 4.79 Å². The van der Waals surface area contributed by atoms with E-state index in [4.69, 9.17) is 0 Å². The molecule has 0 atom stereocenters. The van der Waals surface area contributed by atoms with Gasteiger partial charge in [0.2, 0.25) is 0 Å². The van der Waals surface area contributed by atoms with E-state index in [1.807, 2.05) is 45.0 Å². The fourth-order valence-corrected chi connectivity index (χ4v) is 3.13. The molecule has 0 fully saturated rings. The summed E-state index contributed by atoms with van der Waals surface area (Å²) in [4.78, 5) is 21.4. The summed E-state index contributed by atoms with van der Waals surface area (Å²) in [5.74, 6) is 1.61. The molecule has 4 aromatic rings. The second kappa shape index (κ2) is 6.64. The molecule has 0 aliphatic heterocycles. The molecule has 0 bridgehead atoms. The average Bonchev–Trinajstić information content (AvgIpc) is 3.10. The van der Waals surface area contributed by atoms with Crippen LogP contribution in [0.4, 0.5) is 5.82 Å². The van der Waals surface area contributed by atoms with Crippen LogP contribution < -0.4 is 5.32 Å².